The van der Waals surface area contributed by atoms with Crippen LogP contribution in [0.2, 0.25) is 0 Å². The Morgan fingerprint density at radius 1 is 1.58 bits per heavy atom. The molecule has 2 heterocycles. The third-order valence-electron chi connectivity index (χ3n) is 2.42. The van der Waals surface area contributed by atoms with Crippen LogP contribution in [0.3, 0.4) is 0 Å². The molecule has 0 aromatic carbocycles. The van der Waals surface area contributed by atoms with E-state index in [1.54, 1.807) is 13.8 Å². The molecule has 0 radical (unpaired) electrons. The molecule has 0 spiro atoms. The van der Waals surface area contributed by atoms with Crippen molar-refractivity contribution in [2.75, 3.05) is 0 Å². The smallest absolute Gasteiger partial charge is 0.293 e. The molecule has 0 aliphatic carbocycles. The van der Waals surface area contributed by atoms with Gasteiger partial charge in [-0.3, -0.25) is 4.79 Å². The Bertz CT molecular complexity index is 644. The van der Waals surface area contributed by atoms with Crippen molar-refractivity contribution in [2.45, 2.75) is 13.8 Å². The van der Waals surface area contributed by atoms with Gasteiger partial charge in [0.25, 0.3) is 5.91 Å². The van der Waals surface area contributed by atoms with Crippen LogP contribution >= 0.6 is 0 Å². The predicted molar refractivity (Wildman–Crippen MR) is 64.2 cm³/mol. The van der Waals surface area contributed by atoms with Gasteiger partial charge in [-0.05, 0) is 13.8 Å². The van der Waals surface area contributed by atoms with Crippen LogP contribution in [-0.2, 0) is 7.05 Å². The second-order valence-electron chi connectivity index (χ2n) is 3.94. The van der Waals surface area contributed by atoms with Crippen molar-refractivity contribution in [3.8, 4) is 0 Å². The molecule has 0 unspecified atom stereocenters. The number of carbonyl (C=O) groups is 1. The van der Waals surface area contributed by atoms with Gasteiger partial charge in [0, 0.05) is 13.1 Å². The monoisotopic (exact) mass is 265 g/mol. The second kappa shape index (κ2) is 5.01. The Hall–Kier alpha value is -2.51. The van der Waals surface area contributed by atoms with Crippen molar-refractivity contribution in [3.63, 3.8) is 0 Å². The molecule has 1 amide bonds. The van der Waals surface area contributed by atoms with E-state index in [2.05, 4.69) is 20.8 Å². The number of halogens is 1. The van der Waals surface area contributed by atoms with Crippen molar-refractivity contribution in [1.29, 1.82) is 0 Å². The number of aryl methyl sites for hydroxylation is 3. The highest BCUT2D eigenvalue weighted by Gasteiger charge is 2.12. The minimum absolute atomic E-state index is 0.109. The van der Waals surface area contributed by atoms with Crippen molar-refractivity contribution in [1.82, 2.24) is 20.4 Å². The van der Waals surface area contributed by atoms with E-state index in [0.29, 0.717) is 11.5 Å². The van der Waals surface area contributed by atoms with Gasteiger partial charge in [-0.15, -0.1) is 0 Å². The van der Waals surface area contributed by atoms with E-state index < -0.39 is 11.9 Å². The van der Waals surface area contributed by atoms with Crippen LogP contribution in [0.1, 0.15) is 27.5 Å². The Balaban J connectivity index is 2.06. The van der Waals surface area contributed by atoms with Gasteiger partial charge in [0.05, 0.1) is 17.5 Å². The Labute approximate surface area is 108 Å². The molecule has 0 fully saturated rings. The van der Waals surface area contributed by atoms with E-state index >= 15 is 0 Å². The first-order chi connectivity index (χ1) is 8.99. The molecule has 2 aromatic heterocycles. The van der Waals surface area contributed by atoms with Gasteiger partial charge >= 0.3 is 0 Å². The standard InChI is InChI=1S/C11H12FN5O2/c1-6-4-9(16-19-6)11(18)14-13-5-8-7(2)15-17(3)10(8)12/h4-5H,1-3H3,(H,14,18)/b13-5+. The molecular weight excluding hydrogens is 253 g/mol. The topological polar surface area (TPSA) is 85.3 Å². The third-order valence-corrected chi connectivity index (χ3v) is 2.42. The lowest BCUT2D eigenvalue weighted by Crippen LogP contribution is -2.18. The first-order valence-electron chi connectivity index (χ1n) is 5.45. The van der Waals surface area contributed by atoms with Gasteiger partial charge in [0.2, 0.25) is 5.95 Å². The van der Waals surface area contributed by atoms with Gasteiger partial charge in [0.15, 0.2) is 5.69 Å². The zero-order valence-corrected chi connectivity index (χ0v) is 10.6. The zero-order valence-electron chi connectivity index (χ0n) is 10.6. The first kappa shape index (κ1) is 12.9. The molecule has 0 atom stereocenters. The summed E-state index contributed by atoms with van der Waals surface area (Å²) in [6.07, 6.45) is 1.20. The van der Waals surface area contributed by atoms with Crippen LogP contribution in [0.15, 0.2) is 15.7 Å². The molecule has 8 heteroatoms. The minimum Gasteiger partial charge on any atom is -0.361 e. The number of carbonyl (C=O) groups excluding carboxylic acids is 1. The maximum absolute atomic E-state index is 13.5. The maximum Gasteiger partial charge on any atom is 0.293 e. The average molecular weight is 265 g/mol. The fraction of sp³-hybridized carbons (Fsp3) is 0.273. The molecule has 1 N–H and O–H groups in total. The normalized spacial score (nSPS) is 11.2. The highest BCUT2D eigenvalue weighted by Crippen LogP contribution is 2.07. The second-order valence-corrected chi connectivity index (χ2v) is 3.94. The fourth-order valence-corrected chi connectivity index (χ4v) is 1.48. The van der Waals surface area contributed by atoms with E-state index in [1.165, 1.54) is 19.3 Å². The SMILES string of the molecule is Cc1cc(C(=O)N/N=C/c2c(C)nn(C)c2F)no1. The largest absolute Gasteiger partial charge is 0.361 e. The quantitative estimate of drug-likeness (QED) is 0.660. The number of amides is 1. The van der Waals surface area contributed by atoms with Gasteiger partial charge < -0.3 is 4.52 Å². The summed E-state index contributed by atoms with van der Waals surface area (Å²) in [6, 6.07) is 1.47. The molecule has 100 valence electrons. The number of rotatable bonds is 3. The fourth-order valence-electron chi connectivity index (χ4n) is 1.48. The first-order valence-corrected chi connectivity index (χ1v) is 5.45. The number of aromatic nitrogens is 3. The molecule has 0 bridgehead atoms. The van der Waals surface area contributed by atoms with E-state index in [-0.39, 0.29) is 11.3 Å². The highest BCUT2D eigenvalue weighted by molar-refractivity contribution is 5.93. The van der Waals surface area contributed by atoms with Crippen molar-refractivity contribution in [3.05, 3.63) is 34.7 Å². The van der Waals surface area contributed by atoms with E-state index in [0.717, 1.165) is 4.68 Å². The van der Waals surface area contributed by atoms with Crippen molar-refractivity contribution >= 4 is 12.1 Å². The lowest BCUT2D eigenvalue weighted by molar-refractivity contribution is 0.0946. The molecule has 0 aliphatic rings. The summed E-state index contributed by atoms with van der Waals surface area (Å²) in [4.78, 5) is 11.6. The Morgan fingerprint density at radius 3 is 2.84 bits per heavy atom. The molecule has 0 aliphatic heterocycles. The van der Waals surface area contributed by atoms with Gasteiger partial charge in [-0.1, -0.05) is 5.16 Å². The number of nitrogens with zero attached hydrogens (tertiary/aromatic N) is 4. The van der Waals surface area contributed by atoms with E-state index in [9.17, 15) is 9.18 Å². The lowest BCUT2D eigenvalue weighted by atomic mass is 10.3. The van der Waals surface area contributed by atoms with Crippen molar-refractivity contribution in [2.24, 2.45) is 12.1 Å². The van der Waals surface area contributed by atoms with Crippen LogP contribution in [0, 0.1) is 19.8 Å². The summed E-state index contributed by atoms with van der Waals surface area (Å²) in [7, 11) is 1.48. The zero-order chi connectivity index (χ0) is 14.0. The van der Waals surface area contributed by atoms with Crippen LogP contribution < -0.4 is 5.43 Å². The highest BCUT2D eigenvalue weighted by atomic mass is 19.1. The lowest BCUT2D eigenvalue weighted by Gasteiger charge is -1.94. The third kappa shape index (κ3) is 2.67. The number of hydrazone groups is 1. The minimum atomic E-state index is -0.532. The maximum atomic E-state index is 13.5. The van der Waals surface area contributed by atoms with E-state index in [1.807, 2.05) is 0 Å². The summed E-state index contributed by atoms with van der Waals surface area (Å²) in [6.45, 7) is 3.31. The molecular formula is C11H12FN5O2. The molecule has 0 saturated heterocycles. The number of nitrogens with one attached hydrogen (secondary N) is 1. The molecule has 7 nitrogen and oxygen atoms in total. The summed E-state index contributed by atoms with van der Waals surface area (Å²) in [5.41, 5.74) is 3.04. The molecule has 19 heavy (non-hydrogen) atoms. The predicted octanol–water partition coefficient (Wildman–Crippen LogP) is 0.928. The summed E-state index contributed by atoms with van der Waals surface area (Å²) < 4.78 is 19.4. The summed E-state index contributed by atoms with van der Waals surface area (Å²) in [5, 5.41) is 11.1. The summed E-state index contributed by atoms with van der Waals surface area (Å²) >= 11 is 0. The average Bonchev–Trinajstić information content (AvgIpc) is 2.88. The Kier molecular flexibility index (Phi) is 3.41. The number of hydrogen-bond donors (Lipinski definition) is 1. The molecule has 2 rings (SSSR count). The van der Waals surface area contributed by atoms with Crippen LogP contribution in [0.4, 0.5) is 4.39 Å². The van der Waals surface area contributed by atoms with Gasteiger partial charge in [0.1, 0.15) is 5.76 Å². The van der Waals surface area contributed by atoms with Crippen molar-refractivity contribution < 1.29 is 13.7 Å². The van der Waals surface area contributed by atoms with Gasteiger partial charge in [-0.25, -0.2) is 10.1 Å². The van der Waals surface area contributed by atoms with E-state index in [4.69, 9.17) is 4.52 Å². The Morgan fingerprint density at radius 2 is 2.32 bits per heavy atom. The van der Waals surface area contributed by atoms with Crippen LogP contribution in [-0.4, -0.2) is 27.1 Å². The van der Waals surface area contributed by atoms with Crippen LogP contribution in [0.5, 0.6) is 0 Å². The van der Waals surface area contributed by atoms with Gasteiger partial charge in [-0.2, -0.15) is 14.6 Å². The van der Waals surface area contributed by atoms with Crippen LogP contribution in [0.25, 0.3) is 0 Å². The molecule has 0 saturated carbocycles. The summed E-state index contributed by atoms with van der Waals surface area (Å²) in [5.74, 6) is -0.536. The number of hydrogen-bond acceptors (Lipinski definition) is 5. The molecule has 2 aromatic rings.